The number of hydrogen-bond donors (Lipinski definition) is 0. The first kappa shape index (κ1) is 15.5. The minimum Gasteiger partial charge on any atom is -0.466 e. The Morgan fingerprint density at radius 2 is 2.10 bits per heavy atom. The molecule has 0 atom stereocenters. The zero-order valence-electron chi connectivity index (χ0n) is 11.1. The Labute approximate surface area is 114 Å². The van der Waals surface area contributed by atoms with Crippen molar-refractivity contribution in [2.75, 3.05) is 6.61 Å². The summed E-state index contributed by atoms with van der Waals surface area (Å²) >= 11 is 0. The lowest BCUT2D eigenvalue weighted by Crippen LogP contribution is -2.25. The first-order chi connectivity index (χ1) is 9.35. The number of carbonyl (C=O) groups is 2. The van der Waals surface area contributed by atoms with Crippen LogP contribution in [0, 0.1) is 17.0 Å². The number of aromatic nitrogens is 1. The minimum absolute atomic E-state index is 0.155. The maximum atomic E-state index is 11.6. The predicted molar refractivity (Wildman–Crippen MR) is 68.4 cm³/mol. The molecule has 0 saturated carbocycles. The maximum Gasteiger partial charge on any atom is 0.313 e. The summed E-state index contributed by atoms with van der Waals surface area (Å²) in [6.07, 6.45) is 0.530. The van der Waals surface area contributed by atoms with E-state index in [0.717, 1.165) is 16.8 Å². The molecule has 108 valence electrons. The Kier molecular flexibility index (Phi) is 5.13. The molecule has 1 aromatic rings. The van der Waals surface area contributed by atoms with Gasteiger partial charge in [-0.2, -0.15) is 0 Å². The van der Waals surface area contributed by atoms with Crippen LogP contribution < -0.4 is 5.56 Å². The van der Waals surface area contributed by atoms with Crippen LogP contribution in [-0.4, -0.2) is 27.8 Å². The van der Waals surface area contributed by atoms with Crippen LogP contribution in [0.25, 0.3) is 0 Å². The highest BCUT2D eigenvalue weighted by Crippen LogP contribution is 2.14. The van der Waals surface area contributed by atoms with E-state index in [4.69, 9.17) is 0 Å². The Bertz CT molecular complexity index is 604. The molecule has 1 aromatic heterocycles. The van der Waals surface area contributed by atoms with Crippen molar-refractivity contribution in [3.63, 3.8) is 0 Å². The molecular weight excluding hydrogens is 268 g/mol. The third-order valence-corrected chi connectivity index (χ3v) is 2.50. The van der Waals surface area contributed by atoms with E-state index >= 15 is 0 Å². The highest BCUT2D eigenvalue weighted by molar-refractivity contribution is 5.95. The van der Waals surface area contributed by atoms with Crippen LogP contribution in [0.2, 0.25) is 0 Å². The lowest BCUT2D eigenvalue weighted by atomic mass is 10.2. The zero-order chi connectivity index (χ0) is 15.3. The zero-order valence-corrected chi connectivity index (χ0v) is 11.1. The summed E-state index contributed by atoms with van der Waals surface area (Å²) in [4.78, 5) is 44.5. The minimum atomic E-state index is -0.688. The molecule has 1 heterocycles. The molecule has 1 rings (SSSR count). The van der Waals surface area contributed by atoms with E-state index in [-0.39, 0.29) is 17.9 Å². The van der Waals surface area contributed by atoms with E-state index in [1.54, 1.807) is 6.92 Å². The highest BCUT2D eigenvalue weighted by Gasteiger charge is 2.16. The van der Waals surface area contributed by atoms with E-state index in [9.17, 15) is 24.5 Å². The SMILES string of the molecule is CCOC(=O)CC(=O)Cn1cc([N+](=O)[O-])c(C)cc1=O. The topological polar surface area (TPSA) is 109 Å². The molecule has 20 heavy (non-hydrogen) atoms. The smallest absolute Gasteiger partial charge is 0.313 e. The fourth-order valence-electron chi connectivity index (χ4n) is 1.59. The fraction of sp³-hybridized carbons (Fsp3) is 0.417. The van der Waals surface area contributed by atoms with Gasteiger partial charge in [0.2, 0.25) is 0 Å². The van der Waals surface area contributed by atoms with E-state index in [1.165, 1.54) is 6.92 Å². The van der Waals surface area contributed by atoms with Crippen molar-refractivity contribution < 1.29 is 19.2 Å². The maximum absolute atomic E-state index is 11.6. The Hall–Kier alpha value is -2.51. The molecule has 0 bridgehead atoms. The monoisotopic (exact) mass is 282 g/mol. The van der Waals surface area contributed by atoms with Gasteiger partial charge in [0, 0.05) is 11.6 Å². The molecule has 0 N–H and O–H groups in total. The summed E-state index contributed by atoms with van der Waals surface area (Å²) in [6.45, 7) is 2.79. The van der Waals surface area contributed by atoms with Gasteiger partial charge in [-0.3, -0.25) is 24.5 Å². The van der Waals surface area contributed by atoms with Crippen LogP contribution in [0.3, 0.4) is 0 Å². The average molecular weight is 282 g/mol. The molecule has 0 aromatic carbocycles. The van der Waals surface area contributed by atoms with Gasteiger partial charge in [-0.1, -0.05) is 0 Å². The quantitative estimate of drug-likeness (QED) is 0.327. The molecule has 8 heteroatoms. The van der Waals surface area contributed by atoms with Crippen molar-refractivity contribution in [3.05, 3.63) is 38.3 Å². The van der Waals surface area contributed by atoms with Crippen molar-refractivity contribution in [3.8, 4) is 0 Å². The van der Waals surface area contributed by atoms with Gasteiger partial charge in [-0.05, 0) is 13.8 Å². The van der Waals surface area contributed by atoms with Gasteiger partial charge in [-0.15, -0.1) is 0 Å². The van der Waals surface area contributed by atoms with Gasteiger partial charge in [0.25, 0.3) is 11.2 Å². The van der Waals surface area contributed by atoms with Gasteiger partial charge >= 0.3 is 5.97 Å². The van der Waals surface area contributed by atoms with Crippen molar-refractivity contribution in [1.82, 2.24) is 4.57 Å². The fourth-order valence-corrected chi connectivity index (χ4v) is 1.59. The Morgan fingerprint density at radius 1 is 1.45 bits per heavy atom. The molecule has 0 aliphatic rings. The number of pyridine rings is 1. The Balaban J connectivity index is 2.90. The van der Waals surface area contributed by atoms with Crippen molar-refractivity contribution in [2.45, 2.75) is 26.8 Å². The van der Waals surface area contributed by atoms with Crippen LogP contribution in [0.5, 0.6) is 0 Å². The van der Waals surface area contributed by atoms with Crippen LogP contribution in [-0.2, 0) is 20.9 Å². The van der Waals surface area contributed by atoms with E-state index in [0.29, 0.717) is 0 Å². The normalized spacial score (nSPS) is 10.1. The standard InChI is InChI=1S/C12H14N2O6/c1-3-20-12(17)5-9(15)6-13-7-10(14(18)19)8(2)4-11(13)16/h4,7H,3,5-6H2,1-2H3. The number of ketones is 1. The molecule has 0 aliphatic carbocycles. The molecule has 8 nitrogen and oxygen atoms in total. The van der Waals surface area contributed by atoms with Crippen LogP contribution in [0.15, 0.2) is 17.1 Å². The van der Waals surface area contributed by atoms with Gasteiger partial charge in [0.05, 0.1) is 24.3 Å². The predicted octanol–water partition coefficient (Wildman–Crippen LogP) is 0.587. The van der Waals surface area contributed by atoms with Gasteiger partial charge < -0.3 is 9.30 Å². The number of rotatable bonds is 6. The third kappa shape index (κ3) is 4.01. The highest BCUT2D eigenvalue weighted by atomic mass is 16.6. The van der Waals surface area contributed by atoms with E-state index in [2.05, 4.69) is 4.74 Å². The number of nitrogens with zero attached hydrogens (tertiary/aromatic N) is 2. The van der Waals surface area contributed by atoms with Gasteiger partial charge in [0.1, 0.15) is 6.42 Å². The molecule has 0 radical (unpaired) electrons. The summed E-state index contributed by atoms with van der Waals surface area (Å²) in [5, 5.41) is 10.8. The molecular formula is C12H14N2O6. The molecule has 0 unspecified atom stereocenters. The number of Topliss-reactive ketones (excluding diaryl/α,β-unsaturated/α-hetero) is 1. The summed E-state index contributed by atoms with van der Waals surface area (Å²) in [5.74, 6) is -1.24. The first-order valence-corrected chi connectivity index (χ1v) is 5.88. The lowest BCUT2D eigenvalue weighted by Gasteiger charge is -2.06. The molecule has 0 saturated heterocycles. The number of aryl methyl sites for hydroxylation is 1. The first-order valence-electron chi connectivity index (χ1n) is 5.88. The second-order valence-corrected chi connectivity index (χ2v) is 4.09. The summed E-state index contributed by atoms with van der Waals surface area (Å²) < 4.78 is 5.52. The van der Waals surface area contributed by atoms with Crippen LogP contribution in [0.4, 0.5) is 5.69 Å². The largest absolute Gasteiger partial charge is 0.466 e. The summed E-state index contributed by atoms with van der Waals surface area (Å²) in [6, 6.07) is 1.08. The van der Waals surface area contributed by atoms with Gasteiger partial charge in [-0.25, -0.2) is 0 Å². The molecule has 0 aliphatic heterocycles. The third-order valence-electron chi connectivity index (χ3n) is 2.50. The van der Waals surface area contributed by atoms with E-state index in [1.807, 2.05) is 0 Å². The van der Waals surface area contributed by atoms with Crippen LogP contribution in [0.1, 0.15) is 18.9 Å². The molecule has 0 spiro atoms. The van der Waals surface area contributed by atoms with Crippen molar-refractivity contribution in [1.29, 1.82) is 0 Å². The van der Waals surface area contributed by atoms with Crippen LogP contribution >= 0.6 is 0 Å². The van der Waals surface area contributed by atoms with Crippen molar-refractivity contribution in [2.24, 2.45) is 0 Å². The average Bonchev–Trinajstić information content (AvgIpc) is 2.32. The Morgan fingerprint density at radius 3 is 2.65 bits per heavy atom. The van der Waals surface area contributed by atoms with Crippen molar-refractivity contribution >= 4 is 17.4 Å². The number of esters is 1. The summed E-state index contributed by atoms with van der Waals surface area (Å²) in [7, 11) is 0. The van der Waals surface area contributed by atoms with E-state index < -0.39 is 35.2 Å². The lowest BCUT2D eigenvalue weighted by molar-refractivity contribution is -0.385. The number of nitro groups is 1. The molecule has 0 fully saturated rings. The molecule has 0 amide bonds. The number of hydrogen-bond acceptors (Lipinski definition) is 6. The summed E-state index contributed by atoms with van der Waals surface area (Å²) in [5.41, 5.74) is -0.576. The number of ether oxygens (including phenoxy) is 1. The number of carbonyl (C=O) groups excluding carboxylic acids is 2. The second-order valence-electron chi connectivity index (χ2n) is 4.09. The second kappa shape index (κ2) is 6.60. The van der Waals surface area contributed by atoms with Gasteiger partial charge in [0.15, 0.2) is 5.78 Å².